The molecular weight excluding hydrogens is 226 g/mol. The SMILES string of the molecule is CNCC(=O)Oc1c(C(C)C)cccc1C(C)C. The van der Waals surface area contributed by atoms with Gasteiger partial charge in [-0.15, -0.1) is 0 Å². The summed E-state index contributed by atoms with van der Waals surface area (Å²) < 4.78 is 5.54. The smallest absolute Gasteiger partial charge is 0.325 e. The van der Waals surface area contributed by atoms with Gasteiger partial charge < -0.3 is 10.1 Å². The Morgan fingerprint density at radius 1 is 1.17 bits per heavy atom. The van der Waals surface area contributed by atoms with E-state index in [2.05, 4.69) is 33.0 Å². The Bertz CT molecular complexity index is 385. The minimum absolute atomic E-state index is 0.226. The van der Waals surface area contributed by atoms with Gasteiger partial charge in [-0.3, -0.25) is 4.79 Å². The largest absolute Gasteiger partial charge is 0.425 e. The number of nitrogens with one attached hydrogen (secondary N) is 1. The number of carbonyl (C=O) groups excluding carboxylic acids is 1. The zero-order chi connectivity index (χ0) is 13.7. The maximum Gasteiger partial charge on any atom is 0.325 e. The second kappa shape index (κ2) is 6.55. The van der Waals surface area contributed by atoms with Crippen molar-refractivity contribution in [2.45, 2.75) is 39.5 Å². The second-order valence-corrected chi connectivity index (χ2v) is 5.08. The van der Waals surface area contributed by atoms with Crippen LogP contribution in [0, 0.1) is 0 Å². The van der Waals surface area contributed by atoms with Crippen LogP contribution in [0.25, 0.3) is 0 Å². The highest BCUT2D eigenvalue weighted by atomic mass is 16.5. The van der Waals surface area contributed by atoms with Crippen LogP contribution >= 0.6 is 0 Å². The first-order valence-electron chi connectivity index (χ1n) is 6.45. The van der Waals surface area contributed by atoms with Crippen LogP contribution in [0.15, 0.2) is 18.2 Å². The molecule has 1 aromatic carbocycles. The van der Waals surface area contributed by atoms with Gasteiger partial charge in [0.15, 0.2) is 0 Å². The summed E-state index contributed by atoms with van der Waals surface area (Å²) in [5, 5.41) is 2.81. The zero-order valence-electron chi connectivity index (χ0n) is 11.9. The standard InChI is InChI=1S/C15H23NO2/c1-10(2)12-7-6-8-13(11(3)4)15(12)18-14(17)9-16-5/h6-8,10-11,16H,9H2,1-5H3. The Hall–Kier alpha value is -1.35. The molecule has 0 radical (unpaired) electrons. The molecule has 0 amide bonds. The van der Waals surface area contributed by atoms with E-state index >= 15 is 0 Å². The summed E-state index contributed by atoms with van der Waals surface area (Å²) in [6.07, 6.45) is 0. The molecule has 0 aliphatic rings. The quantitative estimate of drug-likeness (QED) is 0.644. The van der Waals surface area contributed by atoms with Crippen LogP contribution in [0.5, 0.6) is 5.75 Å². The van der Waals surface area contributed by atoms with E-state index in [-0.39, 0.29) is 12.5 Å². The van der Waals surface area contributed by atoms with Gasteiger partial charge in [-0.2, -0.15) is 0 Å². The number of benzene rings is 1. The minimum Gasteiger partial charge on any atom is -0.425 e. The van der Waals surface area contributed by atoms with Gasteiger partial charge in [0.1, 0.15) is 5.75 Å². The molecule has 0 aliphatic heterocycles. The number of rotatable bonds is 5. The molecule has 1 N–H and O–H groups in total. The summed E-state index contributed by atoms with van der Waals surface area (Å²) in [4.78, 5) is 11.7. The predicted octanol–water partition coefficient (Wildman–Crippen LogP) is 3.06. The number of hydrogen-bond acceptors (Lipinski definition) is 3. The molecule has 0 aliphatic carbocycles. The fraction of sp³-hybridized carbons (Fsp3) is 0.533. The molecule has 3 nitrogen and oxygen atoms in total. The van der Waals surface area contributed by atoms with Crippen molar-refractivity contribution < 1.29 is 9.53 Å². The first-order chi connectivity index (χ1) is 8.47. The van der Waals surface area contributed by atoms with Crippen molar-refractivity contribution in [3.63, 3.8) is 0 Å². The Kier molecular flexibility index (Phi) is 5.35. The van der Waals surface area contributed by atoms with E-state index in [0.717, 1.165) is 16.9 Å². The molecule has 0 saturated carbocycles. The molecule has 3 heteroatoms. The van der Waals surface area contributed by atoms with Crippen LogP contribution in [-0.2, 0) is 4.79 Å². The van der Waals surface area contributed by atoms with E-state index in [1.165, 1.54) is 0 Å². The summed E-state index contributed by atoms with van der Waals surface area (Å²) in [5.74, 6) is 1.16. The molecule has 0 heterocycles. The van der Waals surface area contributed by atoms with Crippen molar-refractivity contribution in [3.05, 3.63) is 29.3 Å². The average Bonchev–Trinajstić information content (AvgIpc) is 2.28. The molecule has 1 rings (SSSR count). The Labute approximate surface area is 110 Å². The van der Waals surface area contributed by atoms with Crippen molar-refractivity contribution in [2.75, 3.05) is 13.6 Å². The molecule has 1 aromatic rings. The summed E-state index contributed by atoms with van der Waals surface area (Å²) in [7, 11) is 1.74. The summed E-state index contributed by atoms with van der Waals surface area (Å²) in [6.45, 7) is 8.65. The predicted molar refractivity (Wildman–Crippen MR) is 74.2 cm³/mol. The molecule has 0 aromatic heterocycles. The van der Waals surface area contributed by atoms with Crippen LogP contribution < -0.4 is 10.1 Å². The fourth-order valence-corrected chi connectivity index (χ4v) is 1.89. The normalized spacial score (nSPS) is 11.1. The van der Waals surface area contributed by atoms with Gasteiger partial charge >= 0.3 is 5.97 Å². The lowest BCUT2D eigenvalue weighted by molar-refractivity contribution is -0.133. The molecule has 0 unspecified atom stereocenters. The first-order valence-corrected chi connectivity index (χ1v) is 6.45. The Morgan fingerprint density at radius 3 is 2.06 bits per heavy atom. The van der Waals surface area contributed by atoms with Crippen LogP contribution in [-0.4, -0.2) is 19.6 Å². The van der Waals surface area contributed by atoms with Crippen molar-refractivity contribution in [1.82, 2.24) is 5.32 Å². The van der Waals surface area contributed by atoms with Gasteiger partial charge in [-0.1, -0.05) is 45.9 Å². The number of hydrogen-bond donors (Lipinski definition) is 1. The van der Waals surface area contributed by atoms with Crippen LogP contribution in [0.1, 0.15) is 50.7 Å². The summed E-state index contributed by atoms with van der Waals surface area (Å²) >= 11 is 0. The van der Waals surface area contributed by atoms with Crippen molar-refractivity contribution in [1.29, 1.82) is 0 Å². The van der Waals surface area contributed by atoms with E-state index in [9.17, 15) is 4.79 Å². The van der Waals surface area contributed by atoms with Crippen molar-refractivity contribution in [3.8, 4) is 5.75 Å². The highest BCUT2D eigenvalue weighted by Gasteiger charge is 2.17. The fourth-order valence-electron chi connectivity index (χ4n) is 1.89. The maximum absolute atomic E-state index is 11.7. The Morgan fingerprint density at radius 2 is 1.67 bits per heavy atom. The van der Waals surface area contributed by atoms with E-state index < -0.39 is 0 Å². The molecule has 18 heavy (non-hydrogen) atoms. The number of likely N-dealkylation sites (N-methyl/N-ethyl adjacent to an activating group) is 1. The van der Waals surface area contributed by atoms with Gasteiger partial charge in [-0.25, -0.2) is 0 Å². The van der Waals surface area contributed by atoms with Gasteiger partial charge in [0, 0.05) is 0 Å². The van der Waals surface area contributed by atoms with E-state index in [0.29, 0.717) is 11.8 Å². The highest BCUT2D eigenvalue weighted by Crippen LogP contribution is 2.34. The summed E-state index contributed by atoms with van der Waals surface area (Å²) in [5.41, 5.74) is 2.18. The molecule has 0 saturated heterocycles. The third-order valence-electron chi connectivity index (χ3n) is 2.86. The Balaban J connectivity index is 3.14. The molecule has 0 atom stereocenters. The lowest BCUT2D eigenvalue weighted by Gasteiger charge is -2.18. The van der Waals surface area contributed by atoms with Crippen molar-refractivity contribution >= 4 is 5.97 Å². The number of esters is 1. The van der Waals surface area contributed by atoms with Crippen LogP contribution in [0.4, 0.5) is 0 Å². The van der Waals surface area contributed by atoms with E-state index in [1.54, 1.807) is 7.05 Å². The first kappa shape index (κ1) is 14.7. The minimum atomic E-state index is -0.243. The molecular formula is C15H23NO2. The van der Waals surface area contributed by atoms with E-state index in [1.807, 2.05) is 18.2 Å². The lowest BCUT2D eigenvalue weighted by atomic mass is 9.94. The second-order valence-electron chi connectivity index (χ2n) is 5.08. The van der Waals surface area contributed by atoms with Gasteiger partial charge in [0.05, 0.1) is 6.54 Å². The summed E-state index contributed by atoms with van der Waals surface area (Å²) in [6, 6.07) is 6.08. The third kappa shape index (κ3) is 3.57. The molecule has 100 valence electrons. The van der Waals surface area contributed by atoms with Crippen molar-refractivity contribution in [2.24, 2.45) is 0 Å². The number of ether oxygens (including phenoxy) is 1. The zero-order valence-corrected chi connectivity index (χ0v) is 11.9. The van der Waals surface area contributed by atoms with Gasteiger partial charge in [-0.05, 0) is 30.0 Å². The average molecular weight is 249 g/mol. The van der Waals surface area contributed by atoms with Crippen LogP contribution in [0.3, 0.4) is 0 Å². The highest BCUT2D eigenvalue weighted by molar-refractivity contribution is 5.75. The van der Waals surface area contributed by atoms with Crippen LogP contribution in [0.2, 0.25) is 0 Å². The molecule has 0 spiro atoms. The van der Waals surface area contributed by atoms with E-state index in [4.69, 9.17) is 4.74 Å². The number of para-hydroxylation sites is 1. The van der Waals surface area contributed by atoms with Gasteiger partial charge in [0.25, 0.3) is 0 Å². The molecule has 0 fully saturated rings. The third-order valence-corrected chi connectivity index (χ3v) is 2.86. The topological polar surface area (TPSA) is 38.3 Å². The van der Waals surface area contributed by atoms with Gasteiger partial charge in [0.2, 0.25) is 0 Å². The lowest BCUT2D eigenvalue weighted by Crippen LogP contribution is -2.24. The maximum atomic E-state index is 11.7. The number of carbonyl (C=O) groups is 1. The molecule has 0 bridgehead atoms. The monoisotopic (exact) mass is 249 g/mol.